The first-order chi connectivity index (χ1) is 10.2. The highest BCUT2D eigenvalue weighted by Gasteiger charge is 2.42. The highest BCUT2D eigenvalue weighted by atomic mass is 16.4. The van der Waals surface area contributed by atoms with Crippen LogP contribution in [0.25, 0.3) is 11.1 Å². The van der Waals surface area contributed by atoms with Crippen molar-refractivity contribution >= 4 is 17.1 Å². The van der Waals surface area contributed by atoms with Gasteiger partial charge in [0.05, 0.1) is 12.7 Å². The average Bonchev–Trinajstić information content (AvgIpc) is 2.93. The summed E-state index contributed by atoms with van der Waals surface area (Å²) >= 11 is 0. The van der Waals surface area contributed by atoms with Crippen LogP contribution in [0.2, 0.25) is 0 Å². The zero-order valence-corrected chi connectivity index (χ0v) is 12.3. The number of fused-ring (bicyclic) bond motifs is 1. The van der Waals surface area contributed by atoms with Gasteiger partial charge in [0, 0.05) is 18.5 Å². The number of benzene rings is 1. The fraction of sp³-hybridized carbons (Fsp3) is 0.562. The first-order valence-corrected chi connectivity index (χ1v) is 7.58. The number of piperidine rings is 1. The quantitative estimate of drug-likeness (QED) is 0.903. The fourth-order valence-electron chi connectivity index (χ4n) is 3.24. The molecule has 2 heterocycles. The lowest BCUT2D eigenvalue weighted by molar-refractivity contribution is -0.0378. The maximum absolute atomic E-state index is 10.5. The Bertz CT molecular complexity index is 579. The molecular formula is C16H22N2O3. The van der Waals surface area contributed by atoms with Crippen molar-refractivity contribution in [3.8, 4) is 0 Å². The van der Waals surface area contributed by atoms with Gasteiger partial charge < -0.3 is 19.5 Å². The molecule has 0 saturated carbocycles. The second-order valence-corrected chi connectivity index (χ2v) is 5.95. The zero-order chi connectivity index (χ0) is 14.9. The first kappa shape index (κ1) is 14.4. The third-order valence-corrected chi connectivity index (χ3v) is 4.60. The van der Waals surface area contributed by atoms with Gasteiger partial charge in [0.25, 0.3) is 6.01 Å². The number of aliphatic hydroxyl groups excluding tert-OH is 2. The van der Waals surface area contributed by atoms with E-state index in [1.165, 1.54) is 0 Å². The number of hydrogen-bond donors (Lipinski definition) is 2. The molecule has 0 unspecified atom stereocenters. The van der Waals surface area contributed by atoms with Gasteiger partial charge in [0.2, 0.25) is 0 Å². The Morgan fingerprint density at radius 1 is 1.43 bits per heavy atom. The fourth-order valence-corrected chi connectivity index (χ4v) is 3.24. The molecule has 1 aliphatic heterocycles. The molecule has 1 aromatic carbocycles. The third kappa shape index (κ3) is 2.51. The monoisotopic (exact) mass is 290 g/mol. The normalized spacial score (nSPS) is 26.4. The van der Waals surface area contributed by atoms with Gasteiger partial charge in [-0.1, -0.05) is 25.5 Å². The summed E-state index contributed by atoms with van der Waals surface area (Å²) < 4.78 is 5.76. The summed E-state index contributed by atoms with van der Waals surface area (Å²) in [5.74, 6) is 0. The molecule has 1 aromatic heterocycles. The van der Waals surface area contributed by atoms with Crippen molar-refractivity contribution in [3.05, 3.63) is 24.3 Å². The van der Waals surface area contributed by atoms with Gasteiger partial charge in [0.1, 0.15) is 5.52 Å². The summed E-state index contributed by atoms with van der Waals surface area (Å²) in [7, 11) is 0. The smallest absolute Gasteiger partial charge is 0.298 e. The molecule has 1 saturated heterocycles. The summed E-state index contributed by atoms with van der Waals surface area (Å²) in [6, 6.07) is 8.20. The molecule has 5 heteroatoms. The third-order valence-electron chi connectivity index (χ3n) is 4.60. The van der Waals surface area contributed by atoms with Gasteiger partial charge in [-0.3, -0.25) is 0 Å². The van der Waals surface area contributed by atoms with E-state index in [-0.39, 0.29) is 12.0 Å². The highest BCUT2D eigenvalue weighted by Crippen LogP contribution is 2.37. The van der Waals surface area contributed by atoms with E-state index in [1.807, 2.05) is 29.2 Å². The minimum absolute atomic E-state index is 0.0312. The number of oxazole rings is 1. The summed E-state index contributed by atoms with van der Waals surface area (Å²) in [4.78, 5) is 6.44. The van der Waals surface area contributed by atoms with E-state index in [2.05, 4.69) is 11.9 Å². The van der Waals surface area contributed by atoms with E-state index in [0.29, 0.717) is 12.6 Å². The van der Waals surface area contributed by atoms with E-state index in [0.717, 1.165) is 36.9 Å². The maximum atomic E-state index is 10.5. The maximum Gasteiger partial charge on any atom is 0.298 e. The Labute approximate surface area is 124 Å². The Morgan fingerprint density at radius 3 is 2.90 bits per heavy atom. The summed E-state index contributed by atoms with van der Waals surface area (Å²) in [6.45, 7) is 3.30. The lowest BCUT2D eigenvalue weighted by Crippen LogP contribution is -2.53. The van der Waals surface area contributed by atoms with Crippen LogP contribution in [-0.4, -0.2) is 41.0 Å². The molecule has 2 N–H and O–H groups in total. The molecule has 0 bridgehead atoms. The van der Waals surface area contributed by atoms with Crippen molar-refractivity contribution in [2.45, 2.75) is 32.3 Å². The minimum Gasteiger partial charge on any atom is -0.423 e. The van der Waals surface area contributed by atoms with E-state index < -0.39 is 6.10 Å². The molecule has 0 amide bonds. The molecule has 2 aromatic rings. The number of β-amino-alcohol motifs (C(OH)–C–C–N with tert-alkyl or cyclic N) is 1. The van der Waals surface area contributed by atoms with Crippen LogP contribution in [0.3, 0.4) is 0 Å². The molecule has 1 fully saturated rings. The van der Waals surface area contributed by atoms with Gasteiger partial charge in [-0.15, -0.1) is 0 Å². The van der Waals surface area contributed by atoms with Crippen LogP contribution in [0, 0.1) is 5.41 Å². The van der Waals surface area contributed by atoms with Crippen LogP contribution in [-0.2, 0) is 0 Å². The molecule has 114 valence electrons. The Morgan fingerprint density at radius 2 is 2.24 bits per heavy atom. The van der Waals surface area contributed by atoms with Crippen molar-refractivity contribution in [3.63, 3.8) is 0 Å². The lowest BCUT2D eigenvalue weighted by Gasteiger charge is -2.44. The number of nitrogens with zero attached hydrogens (tertiary/aromatic N) is 2. The largest absolute Gasteiger partial charge is 0.423 e. The van der Waals surface area contributed by atoms with Crippen molar-refractivity contribution < 1.29 is 14.6 Å². The van der Waals surface area contributed by atoms with Gasteiger partial charge in [0.15, 0.2) is 5.58 Å². The molecule has 2 atom stereocenters. The van der Waals surface area contributed by atoms with E-state index in [9.17, 15) is 10.2 Å². The molecule has 21 heavy (non-hydrogen) atoms. The predicted octanol–water partition coefficient (Wildman–Crippen LogP) is 2.18. The van der Waals surface area contributed by atoms with Crippen LogP contribution in [0.5, 0.6) is 0 Å². The number of hydrogen-bond acceptors (Lipinski definition) is 5. The van der Waals surface area contributed by atoms with Crippen LogP contribution >= 0.6 is 0 Å². The number of rotatable bonds is 4. The molecule has 0 aliphatic carbocycles. The standard InChI is InChI=1S/C16H22N2O3/c1-2-7-16(11-19)8-9-18(10-14(16)20)15-17-12-5-3-4-6-13(12)21-15/h3-6,14,19-20H,2,7-11H2,1H3/t14-,16-/m1/s1. The van der Waals surface area contributed by atoms with Crippen molar-refractivity contribution in [2.75, 3.05) is 24.6 Å². The van der Waals surface area contributed by atoms with E-state index >= 15 is 0 Å². The number of para-hydroxylation sites is 2. The van der Waals surface area contributed by atoms with Crippen molar-refractivity contribution in [1.82, 2.24) is 4.98 Å². The van der Waals surface area contributed by atoms with E-state index in [1.54, 1.807) is 0 Å². The number of anilines is 1. The minimum atomic E-state index is -0.564. The molecule has 0 radical (unpaired) electrons. The summed E-state index contributed by atoms with van der Waals surface area (Å²) in [6.07, 6.45) is 1.98. The van der Waals surface area contributed by atoms with Gasteiger partial charge in [-0.25, -0.2) is 0 Å². The molecule has 3 rings (SSSR count). The number of aromatic nitrogens is 1. The van der Waals surface area contributed by atoms with Gasteiger partial charge in [-0.05, 0) is 25.0 Å². The second-order valence-electron chi connectivity index (χ2n) is 5.95. The second kappa shape index (κ2) is 5.66. The average molecular weight is 290 g/mol. The van der Waals surface area contributed by atoms with Crippen LogP contribution in [0.15, 0.2) is 28.7 Å². The number of aliphatic hydroxyl groups is 2. The Hall–Kier alpha value is -1.59. The van der Waals surface area contributed by atoms with E-state index in [4.69, 9.17) is 4.42 Å². The lowest BCUT2D eigenvalue weighted by atomic mass is 9.73. The Kier molecular flexibility index (Phi) is 3.87. The highest BCUT2D eigenvalue weighted by molar-refractivity contribution is 5.74. The first-order valence-electron chi connectivity index (χ1n) is 7.58. The topological polar surface area (TPSA) is 69.7 Å². The van der Waals surface area contributed by atoms with Crippen LogP contribution < -0.4 is 4.90 Å². The summed E-state index contributed by atoms with van der Waals surface area (Å²) in [5.41, 5.74) is 1.21. The zero-order valence-electron chi connectivity index (χ0n) is 12.3. The SMILES string of the molecule is CCC[C@]1(CO)CCN(c2nc3ccccc3o2)C[C@H]1O. The van der Waals surface area contributed by atoms with Gasteiger partial charge in [-0.2, -0.15) is 4.98 Å². The summed E-state index contributed by atoms with van der Waals surface area (Å²) in [5, 5.41) is 20.2. The van der Waals surface area contributed by atoms with Crippen LogP contribution in [0.1, 0.15) is 26.2 Å². The Balaban J connectivity index is 1.80. The van der Waals surface area contributed by atoms with Crippen molar-refractivity contribution in [2.24, 2.45) is 5.41 Å². The molecular weight excluding hydrogens is 268 g/mol. The molecule has 5 nitrogen and oxygen atoms in total. The van der Waals surface area contributed by atoms with Crippen LogP contribution in [0.4, 0.5) is 6.01 Å². The predicted molar refractivity (Wildman–Crippen MR) is 81.3 cm³/mol. The molecule has 0 spiro atoms. The van der Waals surface area contributed by atoms with Gasteiger partial charge >= 0.3 is 0 Å². The molecule has 1 aliphatic rings. The van der Waals surface area contributed by atoms with Crippen molar-refractivity contribution in [1.29, 1.82) is 0 Å².